The molecule has 220 valence electrons. The molecule has 13 nitrogen and oxygen atoms in total. The standard InChI is InChI=1S/C30H27N5O8/c1-42-23-10-7-19-25(26(23)43-2)30(39)34-21-6-4-3-5-18(21)28(37)33(27(19)34)15-24(36)31-12-16-11-17(14-31)20-8-9-22(35(40)41)29(38)32(20)13-16/h3-10,16-17,27H,11-15H2,1-2H3/t16-,17+,27?/m1/s1. The molecule has 0 N–H and O–H groups in total. The number of nitrogens with zero attached hydrogens (tertiary/aromatic N) is 5. The molecule has 1 saturated heterocycles. The highest BCUT2D eigenvalue weighted by Crippen LogP contribution is 2.49. The van der Waals surface area contributed by atoms with Crippen LogP contribution < -0.4 is 19.9 Å². The second-order valence-corrected chi connectivity index (χ2v) is 11.2. The Balaban J connectivity index is 1.23. The van der Waals surface area contributed by atoms with E-state index in [2.05, 4.69) is 0 Å². The van der Waals surface area contributed by atoms with Crippen LogP contribution in [0.25, 0.3) is 0 Å². The lowest BCUT2D eigenvalue weighted by Crippen LogP contribution is -2.55. The molecule has 2 aromatic carbocycles. The maximum absolute atomic E-state index is 13.9. The Kier molecular flexibility index (Phi) is 6.01. The van der Waals surface area contributed by atoms with Crippen LogP contribution in [0.1, 0.15) is 50.5 Å². The van der Waals surface area contributed by atoms with E-state index in [4.69, 9.17) is 9.47 Å². The zero-order valence-electron chi connectivity index (χ0n) is 23.4. The molecule has 0 aliphatic carbocycles. The van der Waals surface area contributed by atoms with Crippen molar-refractivity contribution in [1.29, 1.82) is 0 Å². The number of pyridine rings is 1. The minimum Gasteiger partial charge on any atom is -0.493 e. The molecule has 2 bridgehead atoms. The normalized spacial score (nSPS) is 21.5. The van der Waals surface area contributed by atoms with Gasteiger partial charge in [0.2, 0.25) is 5.91 Å². The van der Waals surface area contributed by atoms with Crippen molar-refractivity contribution < 1.29 is 28.8 Å². The Morgan fingerprint density at radius 3 is 2.51 bits per heavy atom. The Bertz CT molecular complexity index is 1800. The van der Waals surface area contributed by atoms with Crippen LogP contribution in [0, 0.1) is 16.0 Å². The fourth-order valence-corrected chi connectivity index (χ4v) is 7.11. The second-order valence-electron chi connectivity index (χ2n) is 11.2. The zero-order valence-corrected chi connectivity index (χ0v) is 23.4. The van der Waals surface area contributed by atoms with Gasteiger partial charge in [0.25, 0.3) is 11.8 Å². The molecule has 3 aromatic rings. The number of hydrogen-bond acceptors (Lipinski definition) is 8. The molecule has 1 aromatic heterocycles. The lowest BCUT2D eigenvalue weighted by atomic mass is 9.83. The third-order valence-electron chi connectivity index (χ3n) is 8.92. The Morgan fingerprint density at radius 2 is 1.77 bits per heavy atom. The first kappa shape index (κ1) is 26.7. The van der Waals surface area contributed by atoms with E-state index in [1.165, 1.54) is 34.7 Å². The zero-order chi connectivity index (χ0) is 30.2. The third-order valence-corrected chi connectivity index (χ3v) is 8.92. The van der Waals surface area contributed by atoms with Crippen LogP contribution >= 0.6 is 0 Å². The number of piperidine rings is 1. The molecule has 0 saturated carbocycles. The van der Waals surface area contributed by atoms with Crippen LogP contribution in [-0.4, -0.2) is 70.9 Å². The quantitative estimate of drug-likeness (QED) is 0.328. The van der Waals surface area contributed by atoms with Gasteiger partial charge in [-0.3, -0.25) is 34.2 Å². The maximum Gasteiger partial charge on any atom is 0.334 e. The predicted molar refractivity (Wildman–Crippen MR) is 151 cm³/mol. The van der Waals surface area contributed by atoms with Crippen LogP contribution in [0.2, 0.25) is 0 Å². The lowest BCUT2D eigenvalue weighted by Gasteiger charge is -2.44. The number of amides is 3. The highest BCUT2D eigenvalue weighted by molar-refractivity contribution is 6.18. The summed E-state index contributed by atoms with van der Waals surface area (Å²) in [5.41, 5.74) is 1.13. The Labute approximate surface area is 245 Å². The van der Waals surface area contributed by atoms with Gasteiger partial charge >= 0.3 is 11.2 Å². The minimum absolute atomic E-state index is 0.0744. The predicted octanol–water partition coefficient (Wildman–Crippen LogP) is 2.53. The van der Waals surface area contributed by atoms with E-state index in [-0.39, 0.29) is 54.0 Å². The van der Waals surface area contributed by atoms with Gasteiger partial charge < -0.3 is 23.8 Å². The van der Waals surface area contributed by atoms with Gasteiger partial charge in [-0.2, -0.15) is 0 Å². The van der Waals surface area contributed by atoms with Gasteiger partial charge in [0, 0.05) is 42.9 Å². The van der Waals surface area contributed by atoms with Crippen LogP contribution in [0.3, 0.4) is 0 Å². The third kappa shape index (κ3) is 3.84. The molecule has 0 radical (unpaired) electrons. The molecule has 1 fully saturated rings. The first-order valence-electron chi connectivity index (χ1n) is 13.9. The number of fused-ring (bicyclic) bond motifs is 9. The van der Waals surface area contributed by atoms with Crippen LogP contribution in [0.15, 0.2) is 53.3 Å². The Morgan fingerprint density at radius 1 is 0.977 bits per heavy atom. The highest BCUT2D eigenvalue weighted by Gasteiger charge is 2.50. The summed E-state index contributed by atoms with van der Waals surface area (Å²) in [5.74, 6) is -0.644. The number of hydrogen-bond donors (Lipinski definition) is 0. The first-order valence-corrected chi connectivity index (χ1v) is 13.9. The van der Waals surface area contributed by atoms with Crippen LogP contribution in [-0.2, 0) is 11.3 Å². The number of anilines is 1. The summed E-state index contributed by atoms with van der Waals surface area (Å²) in [6, 6.07) is 13.0. The average molecular weight is 586 g/mol. The Hall–Kier alpha value is -5.20. The molecule has 3 amide bonds. The molecule has 43 heavy (non-hydrogen) atoms. The number of rotatable bonds is 5. The number of methoxy groups -OCH3 is 2. The molecular weight excluding hydrogens is 558 g/mol. The summed E-state index contributed by atoms with van der Waals surface area (Å²) < 4.78 is 12.5. The monoisotopic (exact) mass is 585 g/mol. The van der Waals surface area contributed by atoms with E-state index in [0.29, 0.717) is 41.3 Å². The van der Waals surface area contributed by atoms with Gasteiger partial charge in [0.1, 0.15) is 12.7 Å². The van der Waals surface area contributed by atoms with Crippen molar-refractivity contribution in [2.75, 3.05) is 38.8 Å². The topological polar surface area (TPSA) is 145 Å². The van der Waals surface area contributed by atoms with Gasteiger partial charge in [-0.05, 0) is 36.6 Å². The van der Waals surface area contributed by atoms with E-state index < -0.39 is 22.3 Å². The number of likely N-dealkylation sites (tertiary alicyclic amines) is 1. The van der Waals surface area contributed by atoms with Crippen molar-refractivity contribution in [2.45, 2.75) is 25.0 Å². The van der Waals surface area contributed by atoms with Gasteiger partial charge in [-0.25, -0.2) is 0 Å². The number of carbonyl (C=O) groups is 3. The molecule has 1 unspecified atom stereocenters. The lowest BCUT2D eigenvalue weighted by molar-refractivity contribution is -0.386. The van der Waals surface area contributed by atoms with Crippen molar-refractivity contribution in [3.63, 3.8) is 0 Å². The van der Waals surface area contributed by atoms with E-state index in [0.717, 1.165) is 6.42 Å². The fourth-order valence-electron chi connectivity index (χ4n) is 7.11. The van der Waals surface area contributed by atoms with E-state index in [9.17, 15) is 29.3 Å². The highest BCUT2D eigenvalue weighted by atomic mass is 16.6. The molecule has 4 aliphatic heterocycles. The molecule has 3 atom stereocenters. The van der Waals surface area contributed by atoms with Crippen molar-refractivity contribution in [3.8, 4) is 11.5 Å². The maximum atomic E-state index is 13.9. The molecule has 13 heteroatoms. The molecular formula is C30H27N5O8. The van der Waals surface area contributed by atoms with E-state index in [1.807, 2.05) is 0 Å². The summed E-state index contributed by atoms with van der Waals surface area (Å²) >= 11 is 0. The minimum atomic E-state index is -0.863. The first-order chi connectivity index (χ1) is 20.7. The SMILES string of the molecule is COc1ccc2c(c1OC)C(=O)N1c3ccccc3C(=O)N(CC(=O)N3C[C@H]4C[C@@H](C3)c3ccc([N+](=O)[O-])c(=O)n3C4)C21. The van der Waals surface area contributed by atoms with Gasteiger partial charge in [-0.1, -0.05) is 18.2 Å². The van der Waals surface area contributed by atoms with Crippen molar-refractivity contribution in [3.05, 3.63) is 91.4 Å². The average Bonchev–Trinajstić information content (AvgIpc) is 3.31. The van der Waals surface area contributed by atoms with Gasteiger partial charge in [0.15, 0.2) is 11.5 Å². The number of para-hydroxylation sites is 1. The number of benzene rings is 2. The summed E-state index contributed by atoms with van der Waals surface area (Å²) in [6.45, 7) is 0.644. The van der Waals surface area contributed by atoms with Crippen LogP contribution in [0.5, 0.6) is 11.5 Å². The van der Waals surface area contributed by atoms with Gasteiger partial charge in [-0.15, -0.1) is 0 Å². The van der Waals surface area contributed by atoms with Crippen molar-refractivity contribution >= 4 is 29.1 Å². The number of nitro groups is 1. The van der Waals surface area contributed by atoms with Crippen molar-refractivity contribution in [2.24, 2.45) is 5.92 Å². The fraction of sp³-hybridized carbons (Fsp3) is 0.333. The number of ether oxygens (including phenoxy) is 2. The number of carbonyl (C=O) groups excluding carboxylic acids is 3. The summed E-state index contributed by atoms with van der Waals surface area (Å²) in [7, 11) is 2.92. The van der Waals surface area contributed by atoms with Crippen molar-refractivity contribution in [1.82, 2.24) is 14.4 Å². The second kappa shape index (κ2) is 9.68. The molecule has 5 heterocycles. The summed E-state index contributed by atoms with van der Waals surface area (Å²) in [4.78, 5) is 69.8. The van der Waals surface area contributed by atoms with Gasteiger partial charge in [0.05, 0.1) is 36.0 Å². The smallest absolute Gasteiger partial charge is 0.334 e. The summed E-state index contributed by atoms with van der Waals surface area (Å²) in [5, 5.41) is 11.3. The van der Waals surface area contributed by atoms with Crippen LogP contribution in [0.4, 0.5) is 11.4 Å². The molecule has 4 aliphatic rings. The van der Waals surface area contributed by atoms with E-state index in [1.54, 1.807) is 47.4 Å². The molecule has 7 rings (SSSR count). The molecule has 0 spiro atoms. The summed E-state index contributed by atoms with van der Waals surface area (Å²) in [6.07, 6.45) is -0.116. The van der Waals surface area contributed by atoms with E-state index >= 15 is 0 Å². The largest absolute Gasteiger partial charge is 0.493 e. The number of aromatic nitrogens is 1.